The second kappa shape index (κ2) is 5.92. The van der Waals surface area contributed by atoms with E-state index in [0.717, 1.165) is 0 Å². The van der Waals surface area contributed by atoms with Crippen molar-refractivity contribution in [1.82, 2.24) is 0 Å². The van der Waals surface area contributed by atoms with Gasteiger partial charge in [-0.2, -0.15) is 0 Å². The fourth-order valence-corrected chi connectivity index (χ4v) is 2.18. The Balaban J connectivity index is 1.59. The highest BCUT2D eigenvalue weighted by Gasteiger charge is 2.43. The Kier molecular flexibility index (Phi) is 3.96. The summed E-state index contributed by atoms with van der Waals surface area (Å²) in [6.07, 6.45) is -3.66. The fraction of sp³-hybridized carbons (Fsp3) is 0.133. The second-order valence-corrected chi connectivity index (χ2v) is 5.12. The molecule has 0 unspecified atom stereocenters. The van der Waals surface area contributed by atoms with Gasteiger partial charge in [-0.15, -0.1) is 8.78 Å². The van der Waals surface area contributed by atoms with Gasteiger partial charge >= 0.3 is 6.29 Å². The smallest absolute Gasteiger partial charge is 0.395 e. The molecule has 2 aromatic rings. The number of ether oxygens (including phenoxy) is 2. The standard InChI is InChI=1S/C15H11ClF2N2O3/c16-10-3-1-2-4-11(10)20-14(21)8-19-9-5-6-12-13(7-9)23-15(17,18)22-12/h1-7,19H,8H2,(H,20,21). The number of benzene rings is 2. The molecule has 0 saturated heterocycles. The third-order valence-electron chi connectivity index (χ3n) is 3.00. The predicted molar refractivity (Wildman–Crippen MR) is 81.2 cm³/mol. The minimum Gasteiger partial charge on any atom is -0.395 e. The molecule has 1 amide bonds. The van der Waals surface area contributed by atoms with Crippen LogP contribution in [0.5, 0.6) is 11.5 Å². The molecule has 0 aromatic heterocycles. The molecule has 0 saturated carbocycles. The summed E-state index contributed by atoms with van der Waals surface area (Å²) >= 11 is 5.94. The molecule has 2 N–H and O–H groups in total. The Morgan fingerprint density at radius 3 is 2.65 bits per heavy atom. The second-order valence-electron chi connectivity index (χ2n) is 4.71. The maximum absolute atomic E-state index is 12.9. The first-order valence-electron chi connectivity index (χ1n) is 6.61. The first-order chi connectivity index (χ1) is 10.9. The van der Waals surface area contributed by atoms with Gasteiger partial charge in [-0.3, -0.25) is 4.79 Å². The van der Waals surface area contributed by atoms with E-state index >= 15 is 0 Å². The number of amides is 1. The van der Waals surface area contributed by atoms with E-state index in [0.29, 0.717) is 16.4 Å². The first kappa shape index (κ1) is 15.4. The topological polar surface area (TPSA) is 59.6 Å². The number of carbonyl (C=O) groups excluding carboxylic acids is 1. The van der Waals surface area contributed by atoms with Crippen molar-refractivity contribution in [3.63, 3.8) is 0 Å². The normalized spacial score (nSPS) is 14.4. The van der Waals surface area contributed by atoms with Crippen LogP contribution in [0.4, 0.5) is 20.2 Å². The van der Waals surface area contributed by atoms with Gasteiger partial charge in [0.15, 0.2) is 11.5 Å². The number of rotatable bonds is 4. The first-order valence-corrected chi connectivity index (χ1v) is 6.99. The number of carbonyl (C=O) groups is 1. The van der Waals surface area contributed by atoms with Crippen molar-refractivity contribution in [2.75, 3.05) is 17.2 Å². The van der Waals surface area contributed by atoms with E-state index in [9.17, 15) is 13.6 Å². The summed E-state index contributed by atoms with van der Waals surface area (Å²) in [5.41, 5.74) is 0.936. The van der Waals surface area contributed by atoms with E-state index in [4.69, 9.17) is 11.6 Å². The van der Waals surface area contributed by atoms with Gasteiger partial charge in [-0.1, -0.05) is 23.7 Å². The van der Waals surface area contributed by atoms with E-state index < -0.39 is 6.29 Å². The van der Waals surface area contributed by atoms with Crippen molar-refractivity contribution in [2.45, 2.75) is 6.29 Å². The highest BCUT2D eigenvalue weighted by atomic mass is 35.5. The largest absolute Gasteiger partial charge is 0.586 e. The number of para-hydroxylation sites is 1. The van der Waals surface area contributed by atoms with Gasteiger partial charge in [-0.25, -0.2) is 0 Å². The molecule has 0 atom stereocenters. The Hall–Kier alpha value is -2.54. The summed E-state index contributed by atoms with van der Waals surface area (Å²) < 4.78 is 34.5. The maximum Gasteiger partial charge on any atom is 0.586 e. The minimum atomic E-state index is -3.66. The Bertz CT molecular complexity index is 755. The van der Waals surface area contributed by atoms with Crippen LogP contribution in [0.15, 0.2) is 42.5 Å². The zero-order valence-corrected chi connectivity index (χ0v) is 12.4. The van der Waals surface area contributed by atoms with Crippen LogP contribution in [0, 0.1) is 0 Å². The number of fused-ring (bicyclic) bond motifs is 1. The zero-order valence-electron chi connectivity index (χ0n) is 11.6. The summed E-state index contributed by atoms with van der Waals surface area (Å²) in [6, 6.07) is 11.0. The van der Waals surface area contributed by atoms with Gasteiger partial charge in [-0.05, 0) is 24.3 Å². The van der Waals surface area contributed by atoms with Gasteiger partial charge < -0.3 is 20.1 Å². The van der Waals surface area contributed by atoms with Crippen LogP contribution in [0.25, 0.3) is 0 Å². The molecule has 5 nitrogen and oxygen atoms in total. The number of hydrogen-bond acceptors (Lipinski definition) is 4. The molecule has 0 fully saturated rings. The maximum atomic E-state index is 12.9. The molecule has 1 aliphatic heterocycles. The van der Waals surface area contributed by atoms with E-state index in [2.05, 4.69) is 20.1 Å². The van der Waals surface area contributed by atoms with Crippen molar-refractivity contribution >= 4 is 28.9 Å². The van der Waals surface area contributed by atoms with Crippen LogP contribution in [0.3, 0.4) is 0 Å². The average Bonchev–Trinajstić information content (AvgIpc) is 2.80. The van der Waals surface area contributed by atoms with Crippen LogP contribution in [0.1, 0.15) is 0 Å². The van der Waals surface area contributed by atoms with Crippen molar-refractivity contribution in [3.8, 4) is 11.5 Å². The number of anilines is 2. The molecule has 0 bridgehead atoms. The molecule has 23 heavy (non-hydrogen) atoms. The number of halogens is 3. The molecule has 2 aromatic carbocycles. The lowest BCUT2D eigenvalue weighted by molar-refractivity contribution is -0.286. The lowest BCUT2D eigenvalue weighted by Gasteiger charge is -2.09. The molecule has 1 heterocycles. The molecule has 0 spiro atoms. The monoisotopic (exact) mass is 340 g/mol. The van der Waals surface area contributed by atoms with E-state index in [1.807, 2.05) is 0 Å². The average molecular weight is 341 g/mol. The molecule has 0 radical (unpaired) electrons. The number of nitrogens with one attached hydrogen (secondary N) is 2. The summed E-state index contributed by atoms with van der Waals surface area (Å²) in [5.74, 6) is -0.478. The summed E-state index contributed by atoms with van der Waals surface area (Å²) in [4.78, 5) is 11.9. The van der Waals surface area contributed by atoms with Gasteiger partial charge in [0.25, 0.3) is 0 Å². The third kappa shape index (κ3) is 3.62. The van der Waals surface area contributed by atoms with Gasteiger partial charge in [0.1, 0.15) is 0 Å². The van der Waals surface area contributed by atoms with E-state index in [-0.39, 0.29) is 24.0 Å². The zero-order chi connectivity index (χ0) is 16.4. The lowest BCUT2D eigenvalue weighted by Crippen LogP contribution is -2.25. The Morgan fingerprint density at radius 1 is 1.13 bits per heavy atom. The molecule has 0 aliphatic carbocycles. The summed E-state index contributed by atoms with van der Waals surface area (Å²) in [5, 5.41) is 5.86. The van der Waals surface area contributed by atoms with E-state index in [1.54, 1.807) is 24.3 Å². The SMILES string of the molecule is O=C(CNc1ccc2c(c1)OC(F)(F)O2)Nc1ccccc1Cl. The third-order valence-corrected chi connectivity index (χ3v) is 3.33. The van der Waals surface area contributed by atoms with Crippen molar-refractivity contribution in [1.29, 1.82) is 0 Å². The molecule has 3 rings (SSSR count). The summed E-state index contributed by atoms with van der Waals surface area (Å²) in [7, 11) is 0. The highest BCUT2D eigenvalue weighted by Crippen LogP contribution is 2.42. The lowest BCUT2D eigenvalue weighted by atomic mass is 10.2. The molecule has 1 aliphatic rings. The minimum absolute atomic E-state index is 0.0546. The van der Waals surface area contributed by atoms with Gasteiger partial charge in [0.2, 0.25) is 5.91 Å². The van der Waals surface area contributed by atoms with Crippen LogP contribution in [-0.4, -0.2) is 18.7 Å². The van der Waals surface area contributed by atoms with Gasteiger partial charge in [0, 0.05) is 11.8 Å². The highest BCUT2D eigenvalue weighted by molar-refractivity contribution is 6.33. The van der Waals surface area contributed by atoms with Gasteiger partial charge in [0.05, 0.1) is 17.3 Å². The molecular formula is C15H11ClF2N2O3. The van der Waals surface area contributed by atoms with E-state index in [1.165, 1.54) is 18.2 Å². The van der Waals surface area contributed by atoms with Crippen molar-refractivity contribution in [3.05, 3.63) is 47.5 Å². The number of hydrogen-bond donors (Lipinski definition) is 2. The molecule has 120 valence electrons. The van der Waals surface area contributed by atoms with Crippen LogP contribution in [-0.2, 0) is 4.79 Å². The predicted octanol–water partition coefficient (Wildman–Crippen LogP) is 3.71. The van der Waals surface area contributed by atoms with Crippen LogP contribution < -0.4 is 20.1 Å². The number of alkyl halides is 2. The summed E-state index contributed by atoms with van der Waals surface area (Å²) in [6.45, 7) is -0.0682. The van der Waals surface area contributed by atoms with Crippen molar-refractivity contribution < 1.29 is 23.0 Å². The molecular weight excluding hydrogens is 330 g/mol. The Morgan fingerprint density at radius 2 is 1.87 bits per heavy atom. The Labute approximate surface area is 135 Å². The van der Waals surface area contributed by atoms with Crippen molar-refractivity contribution in [2.24, 2.45) is 0 Å². The van der Waals surface area contributed by atoms with Crippen LogP contribution in [0.2, 0.25) is 5.02 Å². The fourth-order valence-electron chi connectivity index (χ4n) is 2.00. The molecule has 8 heteroatoms. The van der Waals surface area contributed by atoms with Crippen LogP contribution >= 0.6 is 11.6 Å². The quantitative estimate of drug-likeness (QED) is 0.890.